The van der Waals surface area contributed by atoms with Gasteiger partial charge in [0.25, 0.3) is 0 Å². The number of aromatic carboxylic acids is 1. The Balaban J connectivity index is 2.38. The van der Waals surface area contributed by atoms with Crippen molar-refractivity contribution in [3.63, 3.8) is 0 Å². The van der Waals surface area contributed by atoms with Crippen molar-refractivity contribution in [3.05, 3.63) is 53.6 Å². The van der Waals surface area contributed by atoms with Gasteiger partial charge in [-0.1, -0.05) is 18.2 Å². The minimum absolute atomic E-state index is 0.126. The zero-order valence-electron chi connectivity index (χ0n) is 11.9. The molecule has 3 heteroatoms. The van der Waals surface area contributed by atoms with Crippen LogP contribution in [0.3, 0.4) is 0 Å². The van der Waals surface area contributed by atoms with Crippen LogP contribution in [0.1, 0.15) is 29.8 Å². The summed E-state index contributed by atoms with van der Waals surface area (Å²) in [6.45, 7) is 5.89. The number of rotatable bonds is 4. The third kappa shape index (κ3) is 3.18. The molecular weight excluding hydrogens is 252 g/mol. The topological polar surface area (TPSA) is 46.5 Å². The second-order valence-electron chi connectivity index (χ2n) is 5.03. The van der Waals surface area contributed by atoms with Crippen LogP contribution in [0.25, 0.3) is 11.1 Å². The maximum Gasteiger partial charge on any atom is 0.335 e. The van der Waals surface area contributed by atoms with E-state index in [9.17, 15) is 4.79 Å². The number of carbonyl (C=O) groups is 1. The third-order valence-corrected chi connectivity index (χ3v) is 2.99. The summed E-state index contributed by atoms with van der Waals surface area (Å²) in [6, 6.07) is 13.0. The molecule has 1 N–H and O–H groups in total. The summed E-state index contributed by atoms with van der Waals surface area (Å²) < 4.78 is 5.68. The van der Waals surface area contributed by atoms with Gasteiger partial charge in [-0.25, -0.2) is 4.79 Å². The fraction of sp³-hybridized carbons (Fsp3) is 0.235. The quantitative estimate of drug-likeness (QED) is 0.907. The molecule has 0 bridgehead atoms. The van der Waals surface area contributed by atoms with Crippen molar-refractivity contribution in [2.24, 2.45) is 0 Å². The molecule has 0 saturated carbocycles. The summed E-state index contributed by atoms with van der Waals surface area (Å²) in [4.78, 5) is 11.0. The summed E-state index contributed by atoms with van der Waals surface area (Å²) in [7, 11) is 0. The molecule has 2 aromatic carbocycles. The first-order valence-corrected chi connectivity index (χ1v) is 6.58. The molecule has 0 aliphatic carbocycles. The van der Waals surface area contributed by atoms with Crippen LogP contribution in [0, 0.1) is 6.92 Å². The highest BCUT2D eigenvalue weighted by Gasteiger charge is 2.08. The maximum atomic E-state index is 11.0. The van der Waals surface area contributed by atoms with Crippen LogP contribution in [0.2, 0.25) is 0 Å². The van der Waals surface area contributed by atoms with Crippen molar-refractivity contribution in [1.29, 1.82) is 0 Å². The van der Waals surface area contributed by atoms with Gasteiger partial charge < -0.3 is 9.84 Å². The molecular formula is C17H18O3. The van der Waals surface area contributed by atoms with E-state index in [1.807, 2.05) is 51.1 Å². The van der Waals surface area contributed by atoms with Crippen molar-refractivity contribution < 1.29 is 14.6 Å². The Morgan fingerprint density at radius 3 is 2.50 bits per heavy atom. The third-order valence-electron chi connectivity index (χ3n) is 2.99. The van der Waals surface area contributed by atoms with Crippen molar-refractivity contribution in [2.75, 3.05) is 0 Å². The van der Waals surface area contributed by atoms with E-state index in [0.717, 1.165) is 22.4 Å². The van der Waals surface area contributed by atoms with E-state index in [-0.39, 0.29) is 6.10 Å². The standard InChI is InChI=1S/C17H18O3/c1-11(2)20-15-6-4-5-13(10-15)16-8-7-14(17(18)19)9-12(16)3/h4-11H,1-3H3,(H,18,19). The molecule has 0 fully saturated rings. The lowest BCUT2D eigenvalue weighted by molar-refractivity contribution is 0.0697. The summed E-state index contributed by atoms with van der Waals surface area (Å²) in [6.07, 6.45) is 0.126. The predicted octanol–water partition coefficient (Wildman–Crippen LogP) is 4.15. The number of benzene rings is 2. The largest absolute Gasteiger partial charge is 0.491 e. The molecule has 0 amide bonds. The van der Waals surface area contributed by atoms with E-state index >= 15 is 0 Å². The lowest BCUT2D eigenvalue weighted by atomic mass is 9.98. The molecule has 0 heterocycles. The van der Waals surface area contributed by atoms with Crippen molar-refractivity contribution in [3.8, 4) is 16.9 Å². The average Bonchev–Trinajstić information content (AvgIpc) is 2.38. The SMILES string of the molecule is Cc1cc(C(=O)O)ccc1-c1cccc(OC(C)C)c1. The number of aryl methyl sites for hydroxylation is 1. The second kappa shape index (κ2) is 5.78. The minimum atomic E-state index is -0.906. The second-order valence-corrected chi connectivity index (χ2v) is 5.03. The maximum absolute atomic E-state index is 11.0. The molecule has 3 nitrogen and oxygen atoms in total. The van der Waals surface area contributed by atoms with Crippen molar-refractivity contribution >= 4 is 5.97 Å². The number of ether oxygens (including phenoxy) is 1. The Morgan fingerprint density at radius 1 is 1.15 bits per heavy atom. The fourth-order valence-electron chi connectivity index (χ4n) is 2.13. The Kier molecular flexibility index (Phi) is 4.08. The van der Waals surface area contributed by atoms with Gasteiger partial charge in [-0.15, -0.1) is 0 Å². The van der Waals surface area contributed by atoms with Crippen LogP contribution in [0.4, 0.5) is 0 Å². The van der Waals surface area contributed by atoms with Crippen LogP contribution in [-0.2, 0) is 0 Å². The first kappa shape index (κ1) is 14.1. The van der Waals surface area contributed by atoms with Gasteiger partial charge in [-0.05, 0) is 61.7 Å². The number of carboxylic acid groups (broad SMARTS) is 1. The van der Waals surface area contributed by atoms with Crippen molar-refractivity contribution in [2.45, 2.75) is 26.9 Å². The molecule has 0 aliphatic rings. The van der Waals surface area contributed by atoms with Crippen LogP contribution in [-0.4, -0.2) is 17.2 Å². The minimum Gasteiger partial charge on any atom is -0.491 e. The Bertz CT molecular complexity index is 630. The predicted molar refractivity (Wildman–Crippen MR) is 79.3 cm³/mol. The number of hydrogen-bond donors (Lipinski definition) is 1. The first-order valence-electron chi connectivity index (χ1n) is 6.58. The molecule has 0 spiro atoms. The summed E-state index contributed by atoms with van der Waals surface area (Å²) in [5.41, 5.74) is 3.29. The van der Waals surface area contributed by atoms with Gasteiger partial charge in [0.15, 0.2) is 0 Å². The molecule has 0 atom stereocenters. The average molecular weight is 270 g/mol. The monoisotopic (exact) mass is 270 g/mol. The van der Waals surface area contributed by atoms with Crippen LogP contribution >= 0.6 is 0 Å². The molecule has 104 valence electrons. The Morgan fingerprint density at radius 2 is 1.90 bits per heavy atom. The molecule has 0 aliphatic heterocycles. The van der Waals surface area contributed by atoms with Gasteiger partial charge in [0, 0.05) is 0 Å². The smallest absolute Gasteiger partial charge is 0.335 e. The van der Waals surface area contributed by atoms with Gasteiger partial charge in [-0.3, -0.25) is 0 Å². The lowest BCUT2D eigenvalue weighted by Gasteiger charge is -2.12. The molecule has 0 radical (unpaired) electrons. The first-order chi connectivity index (χ1) is 9.47. The van der Waals surface area contributed by atoms with E-state index in [0.29, 0.717) is 5.56 Å². The highest BCUT2D eigenvalue weighted by atomic mass is 16.5. The molecule has 2 aromatic rings. The van der Waals surface area contributed by atoms with E-state index in [2.05, 4.69) is 0 Å². The zero-order chi connectivity index (χ0) is 14.7. The fourth-order valence-corrected chi connectivity index (χ4v) is 2.13. The van der Waals surface area contributed by atoms with Gasteiger partial charge in [-0.2, -0.15) is 0 Å². The van der Waals surface area contributed by atoms with Gasteiger partial charge >= 0.3 is 5.97 Å². The Hall–Kier alpha value is -2.29. The van der Waals surface area contributed by atoms with E-state index in [1.165, 1.54) is 0 Å². The molecule has 0 saturated heterocycles. The lowest BCUT2D eigenvalue weighted by Crippen LogP contribution is -2.05. The number of carboxylic acids is 1. The normalized spacial score (nSPS) is 10.6. The van der Waals surface area contributed by atoms with Gasteiger partial charge in [0.1, 0.15) is 5.75 Å². The van der Waals surface area contributed by atoms with E-state index in [1.54, 1.807) is 12.1 Å². The van der Waals surface area contributed by atoms with Gasteiger partial charge in [0.2, 0.25) is 0 Å². The summed E-state index contributed by atoms with van der Waals surface area (Å²) in [5, 5.41) is 8.99. The molecule has 2 rings (SSSR count). The van der Waals surface area contributed by atoms with Crippen LogP contribution in [0.15, 0.2) is 42.5 Å². The highest BCUT2D eigenvalue weighted by molar-refractivity contribution is 5.89. The molecule has 0 aromatic heterocycles. The highest BCUT2D eigenvalue weighted by Crippen LogP contribution is 2.27. The summed E-state index contributed by atoms with van der Waals surface area (Å²) in [5.74, 6) is -0.0873. The Labute approximate surface area is 118 Å². The molecule has 0 unspecified atom stereocenters. The zero-order valence-corrected chi connectivity index (χ0v) is 11.9. The van der Waals surface area contributed by atoms with E-state index < -0.39 is 5.97 Å². The van der Waals surface area contributed by atoms with Crippen LogP contribution < -0.4 is 4.74 Å². The van der Waals surface area contributed by atoms with Gasteiger partial charge in [0.05, 0.1) is 11.7 Å². The summed E-state index contributed by atoms with van der Waals surface area (Å²) >= 11 is 0. The van der Waals surface area contributed by atoms with Crippen LogP contribution in [0.5, 0.6) is 5.75 Å². The van der Waals surface area contributed by atoms with Crippen molar-refractivity contribution in [1.82, 2.24) is 0 Å². The van der Waals surface area contributed by atoms with E-state index in [4.69, 9.17) is 9.84 Å². The molecule has 20 heavy (non-hydrogen) atoms. The number of hydrogen-bond acceptors (Lipinski definition) is 2.